The van der Waals surface area contributed by atoms with Crippen LogP contribution >= 0.6 is 0 Å². The molecule has 1 aliphatic rings. The molecule has 1 atom stereocenters. The lowest BCUT2D eigenvalue weighted by atomic mass is 10.00. The van der Waals surface area contributed by atoms with Gasteiger partial charge in [-0.15, -0.1) is 0 Å². The molecule has 0 spiro atoms. The van der Waals surface area contributed by atoms with Crippen molar-refractivity contribution in [2.75, 3.05) is 39.3 Å². The van der Waals surface area contributed by atoms with E-state index >= 15 is 0 Å². The van der Waals surface area contributed by atoms with Crippen molar-refractivity contribution in [1.82, 2.24) is 15.1 Å². The molecule has 1 rings (SSSR count). The number of aliphatic carboxylic acids is 1. The van der Waals surface area contributed by atoms with Gasteiger partial charge in [-0.05, 0) is 26.7 Å². The lowest BCUT2D eigenvalue weighted by Crippen LogP contribution is -2.61. The first-order valence-electron chi connectivity index (χ1n) is 7.68. The van der Waals surface area contributed by atoms with Crippen LogP contribution in [0.4, 0.5) is 0 Å². The molecular weight excluding hydrogens is 254 g/mol. The van der Waals surface area contributed by atoms with Gasteiger partial charge in [0.05, 0.1) is 0 Å². The third-order valence-electron chi connectivity index (χ3n) is 3.71. The Kier molecular flexibility index (Phi) is 6.43. The highest BCUT2D eigenvalue weighted by Gasteiger charge is 2.36. The van der Waals surface area contributed by atoms with E-state index in [9.17, 15) is 9.90 Å². The number of hydrogen-bond donors (Lipinski definition) is 2. The largest absolute Gasteiger partial charge is 0.480 e. The van der Waals surface area contributed by atoms with Crippen LogP contribution < -0.4 is 5.32 Å². The summed E-state index contributed by atoms with van der Waals surface area (Å²) < 4.78 is 0. The van der Waals surface area contributed by atoms with Gasteiger partial charge in [-0.2, -0.15) is 0 Å². The van der Waals surface area contributed by atoms with E-state index in [1.54, 1.807) is 6.92 Å². The van der Waals surface area contributed by atoms with Gasteiger partial charge in [-0.1, -0.05) is 13.8 Å². The van der Waals surface area contributed by atoms with Crippen molar-refractivity contribution in [3.05, 3.63) is 0 Å². The zero-order chi connectivity index (χ0) is 15.3. The summed E-state index contributed by atoms with van der Waals surface area (Å²) in [4.78, 5) is 16.3. The summed E-state index contributed by atoms with van der Waals surface area (Å²) in [5, 5.41) is 12.7. The lowest BCUT2D eigenvalue weighted by molar-refractivity contribution is -0.145. The van der Waals surface area contributed by atoms with Gasteiger partial charge >= 0.3 is 5.97 Å². The van der Waals surface area contributed by atoms with Crippen LogP contribution in [-0.2, 0) is 4.79 Å². The highest BCUT2D eigenvalue weighted by molar-refractivity contribution is 5.78. The first-order valence-corrected chi connectivity index (χ1v) is 7.68. The minimum atomic E-state index is -0.867. The molecule has 0 aromatic rings. The van der Waals surface area contributed by atoms with Gasteiger partial charge in [0.1, 0.15) is 5.54 Å². The molecular formula is C15H31N3O2. The van der Waals surface area contributed by atoms with E-state index in [0.717, 1.165) is 32.7 Å². The second-order valence-corrected chi connectivity index (χ2v) is 6.91. The number of carboxylic acids is 1. The predicted molar refractivity (Wildman–Crippen MR) is 82.0 cm³/mol. The normalized spacial score (nSPS) is 21.4. The molecule has 0 amide bonds. The first-order chi connectivity index (χ1) is 9.23. The number of piperazine rings is 1. The Labute approximate surface area is 123 Å². The lowest BCUT2D eigenvalue weighted by Gasteiger charge is -2.40. The zero-order valence-electron chi connectivity index (χ0n) is 13.6. The van der Waals surface area contributed by atoms with Crippen LogP contribution in [0.15, 0.2) is 0 Å². The zero-order valence-corrected chi connectivity index (χ0v) is 13.6. The number of hydrogen-bond acceptors (Lipinski definition) is 4. The van der Waals surface area contributed by atoms with Crippen molar-refractivity contribution in [3.8, 4) is 0 Å². The summed E-state index contributed by atoms with van der Waals surface area (Å²) in [6.07, 6.45) is 0. The van der Waals surface area contributed by atoms with E-state index < -0.39 is 11.5 Å². The van der Waals surface area contributed by atoms with Crippen LogP contribution in [0, 0.1) is 5.92 Å². The second kappa shape index (κ2) is 7.38. The Morgan fingerprint density at radius 3 is 2.05 bits per heavy atom. The van der Waals surface area contributed by atoms with E-state index in [0.29, 0.717) is 12.5 Å². The average Bonchev–Trinajstić information content (AvgIpc) is 2.29. The average molecular weight is 285 g/mol. The minimum absolute atomic E-state index is 0.165. The SMILES string of the molecule is CC(C)CN1CCN(CC(C)(NC(C)C)C(=O)O)CC1. The summed E-state index contributed by atoms with van der Waals surface area (Å²) in [5.74, 6) is -0.0794. The molecule has 1 saturated heterocycles. The summed E-state index contributed by atoms with van der Waals surface area (Å²) in [5.41, 5.74) is -0.867. The quantitative estimate of drug-likeness (QED) is 0.734. The van der Waals surface area contributed by atoms with Crippen LogP contribution in [0.1, 0.15) is 34.6 Å². The highest BCUT2D eigenvalue weighted by atomic mass is 16.4. The summed E-state index contributed by atoms with van der Waals surface area (Å²) in [6.45, 7) is 15.9. The van der Waals surface area contributed by atoms with Crippen LogP contribution in [0.2, 0.25) is 0 Å². The second-order valence-electron chi connectivity index (χ2n) is 6.91. The molecule has 0 saturated carbocycles. The molecule has 118 valence electrons. The molecule has 0 aromatic heterocycles. The Bertz CT molecular complexity index is 312. The van der Waals surface area contributed by atoms with Crippen LogP contribution in [-0.4, -0.2) is 71.7 Å². The summed E-state index contributed by atoms with van der Waals surface area (Å²) >= 11 is 0. The van der Waals surface area contributed by atoms with Crippen molar-refractivity contribution < 1.29 is 9.90 Å². The number of carboxylic acid groups (broad SMARTS) is 1. The molecule has 0 bridgehead atoms. The van der Waals surface area contributed by atoms with Crippen molar-refractivity contribution in [2.24, 2.45) is 5.92 Å². The maximum absolute atomic E-state index is 11.5. The Morgan fingerprint density at radius 1 is 1.15 bits per heavy atom. The monoisotopic (exact) mass is 285 g/mol. The molecule has 5 heteroatoms. The van der Waals surface area contributed by atoms with E-state index in [2.05, 4.69) is 29.0 Å². The van der Waals surface area contributed by atoms with Gasteiger partial charge < -0.3 is 10.0 Å². The third-order valence-corrected chi connectivity index (χ3v) is 3.71. The van der Waals surface area contributed by atoms with Crippen molar-refractivity contribution in [3.63, 3.8) is 0 Å². The van der Waals surface area contributed by atoms with Gasteiger partial charge in [0.25, 0.3) is 0 Å². The smallest absolute Gasteiger partial charge is 0.324 e. The van der Waals surface area contributed by atoms with E-state index in [1.165, 1.54) is 0 Å². The van der Waals surface area contributed by atoms with E-state index in [4.69, 9.17) is 0 Å². The van der Waals surface area contributed by atoms with E-state index in [1.807, 2.05) is 13.8 Å². The number of rotatable bonds is 7. The fourth-order valence-corrected chi connectivity index (χ4v) is 2.91. The molecule has 5 nitrogen and oxygen atoms in total. The Hall–Kier alpha value is -0.650. The third kappa shape index (κ3) is 5.38. The fraction of sp³-hybridized carbons (Fsp3) is 0.933. The van der Waals surface area contributed by atoms with E-state index in [-0.39, 0.29) is 6.04 Å². The van der Waals surface area contributed by atoms with Gasteiger partial charge in [-0.25, -0.2) is 0 Å². The predicted octanol–water partition coefficient (Wildman–Crippen LogP) is 1.10. The van der Waals surface area contributed by atoms with Gasteiger partial charge in [0.15, 0.2) is 0 Å². The van der Waals surface area contributed by atoms with Gasteiger partial charge in [0, 0.05) is 45.3 Å². The molecule has 0 aromatic carbocycles. The maximum Gasteiger partial charge on any atom is 0.324 e. The molecule has 20 heavy (non-hydrogen) atoms. The van der Waals surface area contributed by atoms with Crippen molar-refractivity contribution in [2.45, 2.75) is 46.2 Å². The van der Waals surface area contributed by atoms with Crippen LogP contribution in [0.5, 0.6) is 0 Å². The molecule has 1 aliphatic heterocycles. The van der Waals surface area contributed by atoms with Crippen molar-refractivity contribution in [1.29, 1.82) is 0 Å². The van der Waals surface area contributed by atoms with Gasteiger partial charge in [0.2, 0.25) is 0 Å². The fourth-order valence-electron chi connectivity index (χ4n) is 2.91. The number of nitrogens with one attached hydrogen (secondary N) is 1. The van der Waals surface area contributed by atoms with Crippen LogP contribution in [0.3, 0.4) is 0 Å². The number of carbonyl (C=O) groups is 1. The molecule has 1 unspecified atom stereocenters. The maximum atomic E-state index is 11.5. The summed E-state index contributed by atoms with van der Waals surface area (Å²) in [6, 6.07) is 0.165. The summed E-state index contributed by atoms with van der Waals surface area (Å²) in [7, 11) is 0. The standard InChI is InChI=1S/C15H31N3O2/c1-12(2)10-17-6-8-18(9-7-17)11-15(5,14(19)20)16-13(3)4/h12-13,16H,6-11H2,1-5H3,(H,19,20). The Balaban J connectivity index is 2.50. The minimum Gasteiger partial charge on any atom is -0.480 e. The highest BCUT2D eigenvalue weighted by Crippen LogP contribution is 2.12. The molecule has 2 N–H and O–H groups in total. The topological polar surface area (TPSA) is 55.8 Å². The van der Waals surface area contributed by atoms with Crippen molar-refractivity contribution >= 4 is 5.97 Å². The molecule has 0 radical (unpaired) electrons. The number of nitrogens with zero attached hydrogens (tertiary/aromatic N) is 2. The molecule has 0 aliphatic carbocycles. The Morgan fingerprint density at radius 2 is 1.65 bits per heavy atom. The van der Waals surface area contributed by atoms with Gasteiger partial charge in [-0.3, -0.25) is 15.0 Å². The first kappa shape index (κ1) is 17.4. The molecule has 1 fully saturated rings. The van der Waals surface area contributed by atoms with Crippen LogP contribution in [0.25, 0.3) is 0 Å². The molecule has 1 heterocycles.